The van der Waals surface area contributed by atoms with Gasteiger partial charge in [0.15, 0.2) is 0 Å². The average Bonchev–Trinajstić information content (AvgIpc) is 2.95. The number of rotatable bonds is 6. The highest BCUT2D eigenvalue weighted by Gasteiger charge is 2.17. The van der Waals surface area contributed by atoms with Gasteiger partial charge < -0.3 is 4.57 Å². The van der Waals surface area contributed by atoms with Crippen LogP contribution in [0.4, 0.5) is 4.39 Å². The molecular weight excluding hydrogens is 317 g/mol. The molecule has 2 aromatic carbocycles. The lowest BCUT2D eigenvalue weighted by molar-refractivity contribution is 0.551. The van der Waals surface area contributed by atoms with Crippen molar-refractivity contribution >= 4 is 21.1 Å². The summed E-state index contributed by atoms with van der Waals surface area (Å²) >= 11 is 0. The van der Waals surface area contributed by atoms with E-state index in [-0.39, 0.29) is 11.4 Å². The summed E-state index contributed by atoms with van der Waals surface area (Å²) < 4.78 is 42.1. The van der Waals surface area contributed by atoms with E-state index < -0.39 is 15.8 Å². The Bertz CT molecular complexity index is 922. The Kier molecular flexibility index (Phi) is 4.40. The minimum absolute atomic E-state index is 0.225. The first-order chi connectivity index (χ1) is 11.1. The lowest BCUT2D eigenvalue weighted by atomic mass is 10.3. The summed E-state index contributed by atoms with van der Waals surface area (Å²) in [4.78, 5) is 3.95. The topological polar surface area (TPSA) is 64.0 Å². The van der Waals surface area contributed by atoms with Crippen molar-refractivity contribution in [2.75, 3.05) is 6.54 Å². The Hall–Kier alpha value is -2.25. The van der Waals surface area contributed by atoms with E-state index >= 15 is 0 Å². The molecule has 0 spiro atoms. The van der Waals surface area contributed by atoms with Crippen molar-refractivity contribution in [1.82, 2.24) is 14.3 Å². The van der Waals surface area contributed by atoms with Crippen LogP contribution in [0.5, 0.6) is 0 Å². The second kappa shape index (κ2) is 6.47. The van der Waals surface area contributed by atoms with Crippen LogP contribution in [0, 0.1) is 5.82 Å². The van der Waals surface area contributed by atoms with Gasteiger partial charge in [0.05, 0.1) is 17.4 Å². The van der Waals surface area contributed by atoms with Crippen molar-refractivity contribution in [3.05, 3.63) is 60.7 Å². The fraction of sp³-hybridized carbons (Fsp3) is 0.188. The highest BCUT2D eigenvalue weighted by molar-refractivity contribution is 7.89. The van der Waals surface area contributed by atoms with Crippen molar-refractivity contribution in [3.63, 3.8) is 0 Å². The van der Waals surface area contributed by atoms with E-state index in [2.05, 4.69) is 9.71 Å². The molecule has 0 bridgehead atoms. The predicted molar refractivity (Wildman–Crippen MR) is 85.9 cm³/mol. The molecule has 0 aliphatic rings. The molecule has 23 heavy (non-hydrogen) atoms. The van der Waals surface area contributed by atoms with E-state index in [1.54, 1.807) is 6.33 Å². The highest BCUT2D eigenvalue weighted by atomic mass is 32.2. The molecule has 0 aliphatic heterocycles. The molecule has 0 fully saturated rings. The van der Waals surface area contributed by atoms with Crippen LogP contribution in [0.25, 0.3) is 11.0 Å². The maximum absolute atomic E-state index is 13.6. The number of aryl methyl sites for hydroxylation is 1. The number of nitrogens with one attached hydrogen (secondary N) is 1. The molecule has 3 aromatic rings. The van der Waals surface area contributed by atoms with Gasteiger partial charge in [0.1, 0.15) is 10.7 Å². The zero-order valence-electron chi connectivity index (χ0n) is 12.3. The molecule has 5 nitrogen and oxygen atoms in total. The second-order valence-corrected chi connectivity index (χ2v) is 6.84. The van der Waals surface area contributed by atoms with Crippen molar-refractivity contribution < 1.29 is 12.8 Å². The minimum atomic E-state index is -3.82. The summed E-state index contributed by atoms with van der Waals surface area (Å²) in [5.74, 6) is -0.749. The highest BCUT2D eigenvalue weighted by Crippen LogP contribution is 2.14. The molecular formula is C16H16FN3O2S. The van der Waals surface area contributed by atoms with Crippen LogP contribution in [0.15, 0.2) is 59.8 Å². The fourth-order valence-corrected chi connectivity index (χ4v) is 3.54. The maximum Gasteiger partial charge on any atom is 0.243 e. The van der Waals surface area contributed by atoms with Crippen LogP contribution in [-0.2, 0) is 16.6 Å². The normalized spacial score (nSPS) is 11.9. The summed E-state index contributed by atoms with van der Waals surface area (Å²) in [5.41, 5.74) is 1.91. The zero-order valence-corrected chi connectivity index (χ0v) is 13.1. The van der Waals surface area contributed by atoms with Crippen LogP contribution in [0.1, 0.15) is 6.42 Å². The van der Waals surface area contributed by atoms with Crippen molar-refractivity contribution in [1.29, 1.82) is 0 Å². The summed E-state index contributed by atoms with van der Waals surface area (Å²) in [6, 6.07) is 13.1. The molecule has 0 saturated heterocycles. The lowest BCUT2D eigenvalue weighted by Gasteiger charge is -2.08. The molecule has 0 amide bonds. The summed E-state index contributed by atoms with van der Waals surface area (Å²) in [5, 5.41) is 0. The number of fused-ring (bicyclic) bond motifs is 1. The molecule has 120 valence electrons. The molecule has 0 saturated carbocycles. The Morgan fingerprint density at radius 2 is 1.83 bits per heavy atom. The number of sulfonamides is 1. The number of hydrogen-bond donors (Lipinski definition) is 1. The van der Waals surface area contributed by atoms with Crippen LogP contribution < -0.4 is 4.72 Å². The predicted octanol–water partition coefficient (Wildman–Crippen LogP) is 2.54. The van der Waals surface area contributed by atoms with Gasteiger partial charge >= 0.3 is 0 Å². The Morgan fingerprint density at radius 1 is 1.09 bits per heavy atom. The third kappa shape index (κ3) is 3.40. The largest absolute Gasteiger partial charge is 0.331 e. The molecule has 1 heterocycles. The number of para-hydroxylation sites is 2. The first-order valence-corrected chi connectivity index (χ1v) is 8.70. The van der Waals surface area contributed by atoms with Gasteiger partial charge in [-0.25, -0.2) is 22.5 Å². The summed E-state index contributed by atoms with van der Waals surface area (Å²) in [7, 11) is -3.82. The van der Waals surface area contributed by atoms with Crippen molar-refractivity contribution in [3.8, 4) is 0 Å². The number of benzene rings is 2. The number of aromatic nitrogens is 2. The van der Waals surface area contributed by atoms with Gasteiger partial charge in [-0.1, -0.05) is 24.3 Å². The third-order valence-corrected chi connectivity index (χ3v) is 5.02. The van der Waals surface area contributed by atoms with Gasteiger partial charge in [-0.15, -0.1) is 0 Å². The van der Waals surface area contributed by atoms with Crippen molar-refractivity contribution in [2.45, 2.75) is 17.9 Å². The number of hydrogen-bond acceptors (Lipinski definition) is 3. The maximum atomic E-state index is 13.6. The Morgan fingerprint density at radius 3 is 2.65 bits per heavy atom. The molecule has 0 atom stereocenters. The van der Waals surface area contributed by atoms with Crippen LogP contribution in [0.2, 0.25) is 0 Å². The Labute approximate surface area is 133 Å². The average molecular weight is 333 g/mol. The van der Waals surface area contributed by atoms with Crippen LogP contribution >= 0.6 is 0 Å². The van der Waals surface area contributed by atoms with Crippen LogP contribution in [0.3, 0.4) is 0 Å². The van der Waals surface area contributed by atoms with Gasteiger partial charge in [0, 0.05) is 13.1 Å². The molecule has 7 heteroatoms. The SMILES string of the molecule is O=S(=O)(NCCCn1cnc2ccccc21)c1ccccc1F. The van der Waals surface area contributed by atoms with Crippen molar-refractivity contribution in [2.24, 2.45) is 0 Å². The fourth-order valence-electron chi connectivity index (χ4n) is 2.38. The quantitative estimate of drug-likeness (QED) is 0.705. The van der Waals surface area contributed by atoms with E-state index in [9.17, 15) is 12.8 Å². The van der Waals surface area contributed by atoms with Gasteiger partial charge in [0.2, 0.25) is 10.0 Å². The number of halogens is 1. The zero-order chi connectivity index (χ0) is 16.3. The van der Waals surface area contributed by atoms with Gasteiger partial charge in [-0.05, 0) is 30.7 Å². The number of nitrogens with zero attached hydrogens (tertiary/aromatic N) is 2. The third-order valence-electron chi connectivity index (χ3n) is 3.52. The standard InChI is InChI=1S/C16H16FN3O2S/c17-13-6-1-4-9-16(13)23(21,22)19-10-5-11-20-12-18-14-7-2-3-8-15(14)20/h1-4,6-9,12,19H,5,10-11H2. The second-order valence-electron chi connectivity index (χ2n) is 5.11. The summed E-state index contributed by atoms with van der Waals surface area (Å²) in [6.07, 6.45) is 2.31. The lowest BCUT2D eigenvalue weighted by Crippen LogP contribution is -2.26. The van der Waals surface area contributed by atoms with E-state index in [1.165, 1.54) is 18.2 Å². The van der Waals surface area contributed by atoms with E-state index in [4.69, 9.17) is 0 Å². The molecule has 0 unspecified atom stereocenters. The Balaban J connectivity index is 1.60. The van der Waals surface area contributed by atoms with E-state index in [0.717, 1.165) is 17.1 Å². The smallest absolute Gasteiger partial charge is 0.243 e. The minimum Gasteiger partial charge on any atom is -0.331 e. The molecule has 1 aromatic heterocycles. The molecule has 1 N–H and O–H groups in total. The molecule has 0 aliphatic carbocycles. The van der Waals surface area contributed by atoms with E-state index in [0.29, 0.717) is 13.0 Å². The monoisotopic (exact) mass is 333 g/mol. The van der Waals surface area contributed by atoms with E-state index in [1.807, 2.05) is 28.8 Å². The molecule has 0 radical (unpaired) electrons. The van der Waals surface area contributed by atoms with Gasteiger partial charge in [0.25, 0.3) is 0 Å². The van der Waals surface area contributed by atoms with Crippen LogP contribution in [-0.4, -0.2) is 24.5 Å². The first-order valence-electron chi connectivity index (χ1n) is 7.22. The molecule has 3 rings (SSSR count). The van der Waals surface area contributed by atoms with Gasteiger partial charge in [-0.2, -0.15) is 0 Å². The van der Waals surface area contributed by atoms with Gasteiger partial charge in [-0.3, -0.25) is 0 Å². The number of imidazole rings is 1. The summed E-state index contributed by atoms with van der Waals surface area (Å²) in [6.45, 7) is 0.851. The first kappa shape index (κ1) is 15.6.